The smallest absolute Gasteiger partial charge is 0.411 e. The van der Waals surface area contributed by atoms with E-state index in [1.54, 1.807) is 23.6 Å². The van der Waals surface area contributed by atoms with E-state index in [9.17, 15) is 14.0 Å². The van der Waals surface area contributed by atoms with Crippen LogP contribution in [0.4, 0.5) is 26.5 Å². The lowest BCUT2D eigenvalue weighted by molar-refractivity contribution is 0.0932. The third-order valence-electron chi connectivity index (χ3n) is 8.41. The fraction of sp³-hybridized carbons (Fsp3) is 0.184. The molecule has 13 heteroatoms. The van der Waals surface area contributed by atoms with Crippen LogP contribution in [0, 0.1) is 5.82 Å². The highest BCUT2D eigenvalue weighted by Gasteiger charge is 2.28. The van der Waals surface area contributed by atoms with E-state index in [1.807, 2.05) is 48.5 Å². The van der Waals surface area contributed by atoms with Gasteiger partial charge in [-0.15, -0.1) is 0 Å². The number of nitrogens with one attached hydrogen (secondary N) is 3. The summed E-state index contributed by atoms with van der Waals surface area (Å²) < 4.78 is 27.1. The molecular formula is C38H35FN8O4. The van der Waals surface area contributed by atoms with Crippen molar-refractivity contribution in [3.8, 4) is 17.0 Å². The number of pyridine rings is 1. The topological polar surface area (TPSA) is 135 Å². The molecule has 1 unspecified atom stereocenters. The molecule has 1 aliphatic heterocycles. The third kappa shape index (κ3) is 7.27. The first-order chi connectivity index (χ1) is 24.9. The Kier molecular flexibility index (Phi) is 9.42. The lowest BCUT2D eigenvalue weighted by atomic mass is 10.0. The first-order valence-corrected chi connectivity index (χ1v) is 16.4. The Morgan fingerprint density at radius 1 is 1.00 bits per heavy atom. The zero-order chi connectivity index (χ0) is 35.3. The van der Waals surface area contributed by atoms with Gasteiger partial charge in [0, 0.05) is 30.9 Å². The van der Waals surface area contributed by atoms with Crippen molar-refractivity contribution in [2.75, 3.05) is 29.2 Å². The normalized spacial score (nSPS) is 14.2. The molecule has 0 saturated carbocycles. The molecule has 6 aromatic rings. The number of rotatable bonds is 7. The number of nitrogens with zero attached hydrogens (tertiary/aromatic N) is 5. The molecule has 4 heterocycles. The quantitative estimate of drug-likeness (QED) is 0.174. The predicted molar refractivity (Wildman–Crippen MR) is 191 cm³/mol. The Balaban J connectivity index is 1.48. The number of hydrogen-bond donors (Lipinski definition) is 3. The molecule has 51 heavy (non-hydrogen) atoms. The van der Waals surface area contributed by atoms with Crippen molar-refractivity contribution >= 4 is 35.0 Å². The molecule has 0 fully saturated rings. The van der Waals surface area contributed by atoms with Gasteiger partial charge in [-0.2, -0.15) is 9.61 Å². The summed E-state index contributed by atoms with van der Waals surface area (Å²) in [4.78, 5) is 37.1. The summed E-state index contributed by atoms with van der Waals surface area (Å²) in [6, 6.07) is 28.7. The molecule has 0 radical (unpaired) electrons. The molecule has 1 aliphatic rings. The Labute approximate surface area is 293 Å². The van der Waals surface area contributed by atoms with Crippen LogP contribution >= 0.6 is 0 Å². The van der Waals surface area contributed by atoms with E-state index in [2.05, 4.69) is 50.1 Å². The van der Waals surface area contributed by atoms with Gasteiger partial charge in [-0.3, -0.25) is 10.1 Å². The predicted octanol–water partition coefficient (Wildman–Crippen LogP) is 6.44. The second kappa shape index (κ2) is 14.5. The van der Waals surface area contributed by atoms with Gasteiger partial charge in [0.05, 0.1) is 31.6 Å². The van der Waals surface area contributed by atoms with Crippen LogP contribution in [0.5, 0.6) is 5.88 Å². The van der Waals surface area contributed by atoms with Crippen molar-refractivity contribution < 1.29 is 23.5 Å². The van der Waals surface area contributed by atoms with E-state index >= 15 is 0 Å². The minimum atomic E-state index is -0.596. The average Bonchev–Trinajstić information content (AvgIpc) is 3.57. The third-order valence-corrected chi connectivity index (χ3v) is 8.41. The van der Waals surface area contributed by atoms with Crippen LogP contribution in [0.1, 0.15) is 34.0 Å². The molecule has 3 aromatic heterocycles. The number of benzene rings is 3. The molecule has 12 nitrogen and oxygen atoms in total. The van der Waals surface area contributed by atoms with E-state index in [0.717, 1.165) is 22.9 Å². The number of halogens is 1. The van der Waals surface area contributed by atoms with Gasteiger partial charge >= 0.3 is 6.09 Å². The molecule has 1 atom stereocenters. The second-order valence-corrected chi connectivity index (χ2v) is 12.1. The SMILES string of the molecule is COC(=O)Nc1ccc(-c2c3nc4c(cnn4c2N(Cc2ccccc2)Cc2ccccc2)C(=O)NCC(C)Oc2ncc(F)cc2CN3)cc1. The maximum absolute atomic E-state index is 14.6. The van der Waals surface area contributed by atoms with E-state index in [-0.39, 0.29) is 30.4 Å². The van der Waals surface area contributed by atoms with Gasteiger partial charge in [0.1, 0.15) is 29.1 Å². The van der Waals surface area contributed by atoms with Gasteiger partial charge < -0.3 is 25.0 Å². The van der Waals surface area contributed by atoms with E-state index in [1.165, 1.54) is 19.4 Å². The molecule has 3 N–H and O–H groups in total. The highest BCUT2D eigenvalue weighted by atomic mass is 19.1. The average molecular weight is 687 g/mol. The number of carbonyl (C=O) groups excluding carboxylic acids is 2. The number of hydrogen-bond acceptors (Lipinski definition) is 9. The Morgan fingerprint density at radius 2 is 1.69 bits per heavy atom. The maximum atomic E-state index is 14.6. The van der Waals surface area contributed by atoms with Crippen molar-refractivity contribution in [2.45, 2.75) is 32.7 Å². The lowest BCUT2D eigenvalue weighted by Crippen LogP contribution is -2.34. The number of aromatic nitrogens is 4. The summed E-state index contributed by atoms with van der Waals surface area (Å²) in [6.45, 7) is 3.03. The van der Waals surface area contributed by atoms with Gasteiger partial charge in [-0.1, -0.05) is 72.8 Å². The van der Waals surface area contributed by atoms with Crippen LogP contribution in [0.3, 0.4) is 0 Å². The Bertz CT molecular complexity index is 2140. The number of anilines is 3. The zero-order valence-electron chi connectivity index (χ0n) is 28.0. The van der Waals surface area contributed by atoms with Crippen molar-refractivity contribution in [2.24, 2.45) is 0 Å². The van der Waals surface area contributed by atoms with Gasteiger partial charge in [-0.25, -0.2) is 19.2 Å². The minimum Gasteiger partial charge on any atom is -0.473 e. The molecule has 0 aliphatic carbocycles. The largest absolute Gasteiger partial charge is 0.473 e. The Hall–Kier alpha value is -6.50. The lowest BCUT2D eigenvalue weighted by Gasteiger charge is -2.29. The zero-order valence-corrected chi connectivity index (χ0v) is 28.0. The monoisotopic (exact) mass is 686 g/mol. The first-order valence-electron chi connectivity index (χ1n) is 16.4. The summed E-state index contributed by atoms with van der Waals surface area (Å²) in [7, 11) is 1.30. The Morgan fingerprint density at radius 3 is 2.35 bits per heavy atom. The van der Waals surface area contributed by atoms with Gasteiger partial charge in [0.25, 0.3) is 5.91 Å². The van der Waals surface area contributed by atoms with Gasteiger partial charge in [-0.05, 0) is 41.8 Å². The summed E-state index contributed by atoms with van der Waals surface area (Å²) in [5.41, 5.74) is 5.09. The molecule has 258 valence electrons. The number of fused-ring (bicyclic) bond motifs is 2. The van der Waals surface area contributed by atoms with E-state index < -0.39 is 18.0 Å². The molecule has 3 aromatic carbocycles. The second-order valence-electron chi connectivity index (χ2n) is 12.1. The van der Waals surface area contributed by atoms with E-state index in [0.29, 0.717) is 47.2 Å². The van der Waals surface area contributed by atoms with E-state index in [4.69, 9.17) is 19.6 Å². The van der Waals surface area contributed by atoms with Gasteiger partial charge in [0.15, 0.2) is 5.65 Å². The summed E-state index contributed by atoms with van der Waals surface area (Å²) in [5, 5.41) is 13.8. The van der Waals surface area contributed by atoms with Crippen LogP contribution in [0.25, 0.3) is 16.8 Å². The summed E-state index contributed by atoms with van der Waals surface area (Å²) >= 11 is 0. The van der Waals surface area contributed by atoms with Crippen LogP contribution in [-0.2, 0) is 24.4 Å². The first kappa shape index (κ1) is 33.0. The van der Waals surface area contributed by atoms with Crippen molar-refractivity contribution in [1.82, 2.24) is 24.9 Å². The van der Waals surface area contributed by atoms with Crippen LogP contribution < -0.4 is 25.6 Å². The molecule has 2 amide bonds. The molecule has 7 rings (SSSR count). The highest BCUT2D eigenvalue weighted by Crippen LogP contribution is 2.40. The van der Waals surface area contributed by atoms with Crippen molar-refractivity contribution in [3.05, 3.63) is 131 Å². The standard InChI is InChI=1S/C38H35FN8O4/c1-24-18-41-35(48)31-21-43-47-34(31)45-33(40-19-28-17-29(39)20-42-36(28)51-24)32(27-13-15-30(16-14-27)44-38(49)50-2)37(47)46(22-25-9-5-3-6-10-25)23-26-11-7-4-8-12-26/h3-17,20-21,24H,18-19,22-23H2,1-2H3,(H,40,45)(H,41,48)(H,44,49). The van der Waals surface area contributed by atoms with Crippen LogP contribution in [-0.4, -0.2) is 51.3 Å². The van der Waals surface area contributed by atoms with Gasteiger partial charge in [0.2, 0.25) is 5.88 Å². The molecule has 0 spiro atoms. The molecule has 2 bridgehead atoms. The van der Waals surface area contributed by atoms with Crippen LogP contribution in [0.2, 0.25) is 0 Å². The molecule has 0 saturated heterocycles. The number of amides is 2. The molecular weight excluding hydrogens is 651 g/mol. The number of methoxy groups -OCH3 is 1. The number of carbonyl (C=O) groups is 2. The highest BCUT2D eigenvalue weighted by molar-refractivity contribution is 6.01. The summed E-state index contributed by atoms with van der Waals surface area (Å²) in [6.07, 6.45) is 1.55. The van der Waals surface area contributed by atoms with Crippen LogP contribution in [0.15, 0.2) is 103 Å². The fourth-order valence-corrected chi connectivity index (χ4v) is 5.97. The fourth-order valence-electron chi connectivity index (χ4n) is 5.97. The minimum absolute atomic E-state index is 0.104. The maximum Gasteiger partial charge on any atom is 0.411 e. The van der Waals surface area contributed by atoms with Crippen molar-refractivity contribution in [1.29, 1.82) is 0 Å². The number of ether oxygens (including phenoxy) is 2. The van der Waals surface area contributed by atoms with Crippen molar-refractivity contribution in [3.63, 3.8) is 0 Å². The summed E-state index contributed by atoms with van der Waals surface area (Å²) in [5.74, 6) is 0.413.